The Morgan fingerprint density at radius 3 is 1.93 bits per heavy atom. The number of imidazole rings is 2. The van der Waals surface area contributed by atoms with Crippen molar-refractivity contribution in [3.8, 4) is 0 Å². The molecule has 4 atom stereocenters. The summed E-state index contributed by atoms with van der Waals surface area (Å²) >= 11 is 0. The third-order valence-corrected chi connectivity index (χ3v) is 7.57. The molecule has 46 heavy (non-hydrogen) atoms. The second-order valence-electron chi connectivity index (χ2n) is 10.9. The van der Waals surface area contributed by atoms with E-state index in [-0.39, 0.29) is 25.7 Å². The summed E-state index contributed by atoms with van der Waals surface area (Å²) in [6.45, 7) is 0. The smallest absolute Gasteiger partial charge is 0.326 e. The van der Waals surface area contributed by atoms with Gasteiger partial charge < -0.3 is 41.7 Å². The molecule has 14 nitrogen and oxygen atoms in total. The van der Waals surface area contributed by atoms with Crippen LogP contribution in [0, 0.1) is 0 Å². The highest BCUT2D eigenvalue weighted by atomic mass is 16.4. The Hall–Kier alpha value is -5.76. The van der Waals surface area contributed by atoms with Gasteiger partial charge in [0.2, 0.25) is 17.7 Å². The number of H-pyrrole nitrogens is 3. The minimum Gasteiger partial charge on any atom is -0.480 e. The predicted molar refractivity (Wildman–Crippen MR) is 168 cm³/mol. The van der Waals surface area contributed by atoms with Crippen LogP contribution in [-0.4, -0.2) is 77.9 Å². The van der Waals surface area contributed by atoms with Gasteiger partial charge in [-0.15, -0.1) is 0 Å². The van der Waals surface area contributed by atoms with E-state index in [9.17, 15) is 24.3 Å². The molecule has 5 rings (SSSR count). The lowest BCUT2D eigenvalue weighted by molar-refractivity contribution is -0.142. The number of carboxylic acids is 1. The van der Waals surface area contributed by atoms with Crippen molar-refractivity contribution in [3.05, 3.63) is 108 Å². The Kier molecular flexibility index (Phi) is 10.2. The van der Waals surface area contributed by atoms with Gasteiger partial charge in [-0.25, -0.2) is 14.8 Å². The van der Waals surface area contributed by atoms with Gasteiger partial charge in [-0.1, -0.05) is 48.5 Å². The number of amides is 3. The zero-order valence-electron chi connectivity index (χ0n) is 24.8. The molecule has 0 aliphatic carbocycles. The summed E-state index contributed by atoms with van der Waals surface area (Å²) in [6.07, 6.45) is 7.99. The summed E-state index contributed by atoms with van der Waals surface area (Å²) in [4.78, 5) is 69.6. The molecule has 0 saturated heterocycles. The number of fused-ring (bicyclic) bond motifs is 1. The highest BCUT2D eigenvalue weighted by molar-refractivity contribution is 5.95. The summed E-state index contributed by atoms with van der Waals surface area (Å²) in [7, 11) is 0. The largest absolute Gasteiger partial charge is 0.480 e. The van der Waals surface area contributed by atoms with Crippen LogP contribution in [0.3, 0.4) is 0 Å². The Morgan fingerprint density at radius 2 is 1.28 bits per heavy atom. The number of carbonyl (C=O) groups is 4. The number of aromatic amines is 3. The number of nitrogens with two attached hydrogens (primary N) is 1. The molecule has 9 N–H and O–H groups in total. The topological polar surface area (TPSA) is 224 Å². The van der Waals surface area contributed by atoms with Crippen LogP contribution in [-0.2, 0) is 44.9 Å². The van der Waals surface area contributed by atoms with Crippen molar-refractivity contribution in [2.24, 2.45) is 5.73 Å². The number of nitrogens with zero attached hydrogens (tertiary/aromatic N) is 2. The molecule has 3 heterocycles. The van der Waals surface area contributed by atoms with E-state index < -0.39 is 47.9 Å². The maximum atomic E-state index is 14.0. The van der Waals surface area contributed by atoms with Gasteiger partial charge in [-0.2, -0.15) is 0 Å². The van der Waals surface area contributed by atoms with Gasteiger partial charge in [0.1, 0.15) is 18.1 Å². The number of benzene rings is 2. The molecule has 0 radical (unpaired) electrons. The number of carbonyl (C=O) groups excluding carboxylic acids is 3. The van der Waals surface area contributed by atoms with Crippen molar-refractivity contribution in [2.75, 3.05) is 0 Å². The molecule has 0 bridgehead atoms. The molecule has 0 saturated carbocycles. The highest BCUT2D eigenvalue weighted by Gasteiger charge is 2.31. The number of hydrogen-bond acceptors (Lipinski definition) is 7. The fourth-order valence-electron chi connectivity index (χ4n) is 5.15. The van der Waals surface area contributed by atoms with Gasteiger partial charge in [-0.3, -0.25) is 14.4 Å². The third kappa shape index (κ3) is 8.24. The van der Waals surface area contributed by atoms with E-state index in [1.54, 1.807) is 36.7 Å². The van der Waals surface area contributed by atoms with E-state index in [1.165, 1.54) is 18.9 Å². The summed E-state index contributed by atoms with van der Waals surface area (Å²) in [5.74, 6) is -3.14. The van der Waals surface area contributed by atoms with Crippen molar-refractivity contribution in [3.63, 3.8) is 0 Å². The van der Waals surface area contributed by atoms with Gasteiger partial charge in [0.15, 0.2) is 0 Å². The molecule has 0 aliphatic rings. The van der Waals surface area contributed by atoms with E-state index >= 15 is 0 Å². The Labute approximate surface area is 263 Å². The lowest BCUT2D eigenvalue weighted by Gasteiger charge is -2.25. The Balaban J connectivity index is 1.38. The fourth-order valence-corrected chi connectivity index (χ4v) is 5.15. The monoisotopic (exact) mass is 625 g/mol. The van der Waals surface area contributed by atoms with Gasteiger partial charge in [-0.05, 0) is 17.2 Å². The molecule has 4 unspecified atom stereocenters. The first-order valence-corrected chi connectivity index (χ1v) is 14.7. The minimum absolute atomic E-state index is 0.0411. The van der Waals surface area contributed by atoms with Crippen molar-refractivity contribution in [1.82, 2.24) is 40.9 Å². The maximum absolute atomic E-state index is 14.0. The standard InChI is InChI=1S/C32H35N9O5/c33-24(12-21-15-34-17-37-21)29(42)39-27(11-20-14-36-25-9-5-4-8-23(20)25)31(44)40-26(10-19-6-2-1-3-7-19)30(43)41-28(32(45)46)13-22-16-35-18-38-22/h1-9,14-18,24,26-28,36H,10-13,33H2,(H,34,37)(H,35,38)(H,39,42)(H,40,44)(H,41,43)(H,45,46). The second kappa shape index (κ2) is 14.8. The zero-order chi connectivity index (χ0) is 32.5. The van der Waals surface area contributed by atoms with Crippen LogP contribution in [0.4, 0.5) is 0 Å². The van der Waals surface area contributed by atoms with Gasteiger partial charge in [0.25, 0.3) is 0 Å². The number of nitrogens with one attached hydrogen (secondary N) is 6. The lowest BCUT2D eigenvalue weighted by Crippen LogP contribution is -2.58. The van der Waals surface area contributed by atoms with E-state index in [1.807, 2.05) is 30.3 Å². The third-order valence-electron chi connectivity index (χ3n) is 7.57. The van der Waals surface area contributed by atoms with Crippen molar-refractivity contribution in [2.45, 2.75) is 49.9 Å². The van der Waals surface area contributed by atoms with Crippen LogP contribution in [0.5, 0.6) is 0 Å². The number of carboxylic acid groups (broad SMARTS) is 1. The predicted octanol–water partition coefficient (Wildman–Crippen LogP) is 0.751. The van der Waals surface area contributed by atoms with Crippen LogP contribution in [0.25, 0.3) is 10.9 Å². The number of aliphatic carboxylic acids is 1. The number of aromatic nitrogens is 5. The quantitative estimate of drug-likeness (QED) is 0.0827. The molecular formula is C32H35N9O5. The van der Waals surface area contributed by atoms with Crippen LogP contribution in [0.1, 0.15) is 22.5 Å². The van der Waals surface area contributed by atoms with Gasteiger partial charge >= 0.3 is 5.97 Å². The van der Waals surface area contributed by atoms with Crippen LogP contribution in [0.15, 0.2) is 85.8 Å². The van der Waals surface area contributed by atoms with Crippen molar-refractivity contribution >= 4 is 34.6 Å². The summed E-state index contributed by atoms with van der Waals surface area (Å²) < 4.78 is 0. The van der Waals surface area contributed by atoms with Crippen molar-refractivity contribution < 1.29 is 24.3 Å². The Bertz CT molecular complexity index is 1750. The molecule has 0 fully saturated rings. The van der Waals surface area contributed by atoms with Crippen LogP contribution < -0.4 is 21.7 Å². The average Bonchev–Trinajstić information content (AvgIpc) is 3.84. The molecule has 0 aliphatic heterocycles. The first kappa shape index (κ1) is 31.7. The van der Waals surface area contributed by atoms with E-state index in [4.69, 9.17) is 5.73 Å². The summed E-state index contributed by atoms with van der Waals surface area (Å²) in [5, 5.41) is 18.8. The SMILES string of the molecule is NC(Cc1cnc[nH]1)C(=O)NC(Cc1c[nH]c2ccccc12)C(=O)NC(Cc1ccccc1)C(=O)NC(Cc1cnc[nH]1)C(=O)O. The van der Waals surface area contributed by atoms with E-state index in [0.29, 0.717) is 11.4 Å². The van der Waals surface area contributed by atoms with Crippen LogP contribution >= 0.6 is 0 Å². The molecule has 0 spiro atoms. The molecule has 3 amide bonds. The normalized spacial score (nSPS) is 13.8. The fraction of sp³-hybridized carbons (Fsp3) is 0.250. The van der Waals surface area contributed by atoms with Gasteiger partial charge in [0.05, 0.1) is 18.7 Å². The minimum atomic E-state index is -1.29. The number of hydrogen-bond donors (Lipinski definition) is 8. The van der Waals surface area contributed by atoms with Crippen LogP contribution in [0.2, 0.25) is 0 Å². The number of para-hydroxylation sites is 1. The number of rotatable bonds is 15. The Morgan fingerprint density at radius 1 is 0.696 bits per heavy atom. The maximum Gasteiger partial charge on any atom is 0.326 e. The molecule has 5 aromatic rings. The first-order chi connectivity index (χ1) is 22.3. The molecule has 14 heteroatoms. The van der Waals surface area contributed by atoms with E-state index in [0.717, 1.165) is 22.0 Å². The molecule has 3 aromatic heterocycles. The lowest BCUT2D eigenvalue weighted by atomic mass is 10.0. The molecular weight excluding hydrogens is 590 g/mol. The first-order valence-electron chi connectivity index (χ1n) is 14.7. The zero-order valence-corrected chi connectivity index (χ0v) is 24.8. The average molecular weight is 626 g/mol. The highest BCUT2D eigenvalue weighted by Crippen LogP contribution is 2.19. The summed E-state index contributed by atoms with van der Waals surface area (Å²) in [6, 6.07) is 12.0. The van der Waals surface area contributed by atoms with Gasteiger partial charge in [0, 0.05) is 66.6 Å². The molecule has 238 valence electrons. The van der Waals surface area contributed by atoms with Crippen molar-refractivity contribution in [1.29, 1.82) is 0 Å². The summed E-state index contributed by atoms with van der Waals surface area (Å²) in [5.41, 5.74) is 9.73. The molecule has 2 aromatic carbocycles. The van der Waals surface area contributed by atoms with E-state index in [2.05, 4.69) is 40.9 Å². The second-order valence-corrected chi connectivity index (χ2v) is 10.9.